The molecule has 9 heteroatoms. The van der Waals surface area contributed by atoms with Crippen LogP contribution in [-0.4, -0.2) is 68.5 Å². The molecule has 3 atom stereocenters. The molecule has 0 spiro atoms. The summed E-state index contributed by atoms with van der Waals surface area (Å²) >= 11 is 0. The van der Waals surface area contributed by atoms with E-state index in [1.54, 1.807) is 0 Å². The van der Waals surface area contributed by atoms with E-state index in [2.05, 4.69) is 12.2 Å². The van der Waals surface area contributed by atoms with Crippen molar-refractivity contribution >= 4 is 13.7 Å². The minimum Gasteiger partial charge on any atom is -0.756 e. The van der Waals surface area contributed by atoms with Crippen LogP contribution in [0.15, 0.2) is 0 Å². The first-order valence-corrected chi connectivity index (χ1v) is 17.8. The fourth-order valence-electron chi connectivity index (χ4n) is 4.67. The lowest BCUT2D eigenvalue weighted by Crippen LogP contribution is -2.46. The summed E-state index contributed by atoms with van der Waals surface area (Å²) in [5.74, 6) is -0.218. The topological polar surface area (TPSA) is 108 Å². The van der Waals surface area contributed by atoms with Gasteiger partial charge in [0.15, 0.2) is 0 Å². The van der Waals surface area contributed by atoms with Crippen LogP contribution in [0.2, 0.25) is 0 Å². The Morgan fingerprint density at radius 3 is 1.65 bits per heavy atom. The van der Waals surface area contributed by atoms with Crippen molar-refractivity contribution in [2.24, 2.45) is 0 Å². The molecular formula is C31H65N2O6P. The Balaban J connectivity index is 4.05. The lowest BCUT2D eigenvalue weighted by molar-refractivity contribution is -0.870. The highest BCUT2D eigenvalue weighted by atomic mass is 31.2. The Bertz CT molecular complexity index is 644. The zero-order valence-electron chi connectivity index (χ0n) is 26.8. The molecule has 0 heterocycles. The molecular weight excluding hydrogens is 527 g/mol. The van der Waals surface area contributed by atoms with Crippen molar-refractivity contribution in [2.75, 3.05) is 40.9 Å². The number of carbonyl (C=O) groups is 1. The molecule has 0 bridgehead atoms. The standard InChI is InChI=1S/C31H65N2O6P/c1-6-8-9-10-11-12-13-14-15-16-17-18-19-20-21-22-23-25-30(34)29(32-31(35)24-7-2)28-39-40(36,37)38-27-26-33(3,4)5/h29-30,34H,6-28H2,1-5H3,(H-,32,35,36,37). The number of aliphatic hydroxyl groups excluding tert-OH is 1. The van der Waals surface area contributed by atoms with Gasteiger partial charge in [-0.15, -0.1) is 0 Å². The number of carbonyl (C=O) groups excluding carboxylic acids is 1. The second-order valence-electron chi connectivity index (χ2n) is 12.5. The molecule has 40 heavy (non-hydrogen) atoms. The van der Waals surface area contributed by atoms with Crippen molar-refractivity contribution in [2.45, 2.75) is 154 Å². The lowest BCUT2D eigenvalue weighted by atomic mass is 10.0. The van der Waals surface area contributed by atoms with Crippen LogP contribution in [0.1, 0.15) is 142 Å². The van der Waals surface area contributed by atoms with Crippen LogP contribution in [0.4, 0.5) is 0 Å². The van der Waals surface area contributed by atoms with E-state index in [4.69, 9.17) is 9.05 Å². The molecule has 0 aromatic carbocycles. The number of phosphoric acid groups is 1. The average Bonchev–Trinajstić information content (AvgIpc) is 2.87. The van der Waals surface area contributed by atoms with Crippen LogP contribution in [-0.2, 0) is 18.4 Å². The third-order valence-electron chi connectivity index (χ3n) is 7.32. The predicted molar refractivity (Wildman–Crippen MR) is 164 cm³/mol. The molecule has 2 N–H and O–H groups in total. The Kier molecular flexibility index (Phi) is 24.7. The van der Waals surface area contributed by atoms with Crippen LogP contribution < -0.4 is 10.2 Å². The van der Waals surface area contributed by atoms with Crippen molar-refractivity contribution in [1.29, 1.82) is 0 Å². The molecule has 0 aliphatic rings. The molecule has 0 fully saturated rings. The van der Waals surface area contributed by atoms with Crippen LogP contribution >= 0.6 is 7.82 Å². The second kappa shape index (κ2) is 25.0. The predicted octanol–water partition coefficient (Wildman–Crippen LogP) is 6.88. The first-order valence-electron chi connectivity index (χ1n) is 16.4. The molecule has 0 rings (SSSR count). The fraction of sp³-hybridized carbons (Fsp3) is 0.968. The number of phosphoric ester groups is 1. The van der Waals surface area contributed by atoms with Crippen LogP contribution in [0.3, 0.4) is 0 Å². The van der Waals surface area contributed by atoms with E-state index in [-0.39, 0.29) is 19.1 Å². The minimum atomic E-state index is -4.52. The molecule has 0 aliphatic heterocycles. The summed E-state index contributed by atoms with van der Waals surface area (Å²) in [5, 5.41) is 13.4. The Morgan fingerprint density at radius 2 is 1.23 bits per heavy atom. The number of nitrogens with one attached hydrogen (secondary N) is 1. The molecule has 0 saturated carbocycles. The van der Waals surface area contributed by atoms with Crippen LogP contribution in [0.25, 0.3) is 0 Å². The van der Waals surface area contributed by atoms with Gasteiger partial charge in [0, 0.05) is 6.42 Å². The molecule has 240 valence electrons. The Hall–Kier alpha value is -0.500. The van der Waals surface area contributed by atoms with E-state index >= 15 is 0 Å². The second-order valence-corrected chi connectivity index (χ2v) is 13.9. The molecule has 0 aliphatic carbocycles. The zero-order chi connectivity index (χ0) is 30.1. The van der Waals surface area contributed by atoms with Gasteiger partial charge in [0.05, 0.1) is 39.9 Å². The summed E-state index contributed by atoms with van der Waals surface area (Å²) in [7, 11) is 1.30. The van der Waals surface area contributed by atoms with E-state index in [1.807, 2.05) is 28.1 Å². The maximum atomic E-state index is 12.2. The van der Waals surface area contributed by atoms with E-state index in [9.17, 15) is 19.4 Å². The van der Waals surface area contributed by atoms with Gasteiger partial charge in [-0.25, -0.2) is 0 Å². The van der Waals surface area contributed by atoms with Gasteiger partial charge in [-0.05, 0) is 12.8 Å². The summed E-state index contributed by atoms with van der Waals surface area (Å²) in [6.45, 7) is 4.35. The van der Waals surface area contributed by atoms with Crippen LogP contribution in [0, 0.1) is 0 Å². The smallest absolute Gasteiger partial charge is 0.268 e. The molecule has 8 nitrogen and oxygen atoms in total. The van der Waals surface area contributed by atoms with Gasteiger partial charge in [-0.3, -0.25) is 9.36 Å². The highest BCUT2D eigenvalue weighted by molar-refractivity contribution is 7.45. The number of hydrogen-bond donors (Lipinski definition) is 2. The van der Waals surface area contributed by atoms with Gasteiger partial charge in [-0.2, -0.15) is 0 Å². The van der Waals surface area contributed by atoms with Gasteiger partial charge < -0.3 is 28.8 Å². The first kappa shape index (κ1) is 39.5. The van der Waals surface area contributed by atoms with E-state index < -0.39 is 20.0 Å². The summed E-state index contributed by atoms with van der Waals surface area (Å²) in [4.78, 5) is 24.3. The fourth-order valence-corrected chi connectivity index (χ4v) is 5.39. The summed E-state index contributed by atoms with van der Waals surface area (Å²) in [5.41, 5.74) is 0. The molecule has 3 unspecified atom stereocenters. The quantitative estimate of drug-likeness (QED) is 0.0557. The molecule has 0 aromatic rings. The largest absolute Gasteiger partial charge is 0.756 e. The maximum absolute atomic E-state index is 12.2. The van der Waals surface area contributed by atoms with Crippen molar-refractivity contribution < 1.29 is 32.9 Å². The third kappa shape index (κ3) is 26.4. The summed E-state index contributed by atoms with van der Waals surface area (Å²) in [6.07, 6.45) is 22.5. The first-order chi connectivity index (χ1) is 19.0. The van der Waals surface area contributed by atoms with Gasteiger partial charge in [0.1, 0.15) is 13.2 Å². The number of unbranched alkanes of at least 4 members (excludes halogenated alkanes) is 16. The molecule has 0 aromatic heterocycles. The Labute approximate surface area is 247 Å². The van der Waals surface area contributed by atoms with E-state index in [0.717, 1.165) is 19.3 Å². The average molecular weight is 593 g/mol. The minimum absolute atomic E-state index is 0.0128. The number of likely N-dealkylation sites (N-methyl/N-ethyl adjacent to an activating group) is 1. The van der Waals surface area contributed by atoms with Crippen molar-refractivity contribution in [3.8, 4) is 0 Å². The number of aliphatic hydroxyl groups is 1. The highest BCUT2D eigenvalue weighted by Gasteiger charge is 2.24. The number of quaternary nitrogens is 1. The van der Waals surface area contributed by atoms with E-state index in [1.165, 1.54) is 89.9 Å². The monoisotopic (exact) mass is 592 g/mol. The summed E-state index contributed by atoms with van der Waals surface area (Å²) < 4.78 is 22.7. The highest BCUT2D eigenvalue weighted by Crippen LogP contribution is 2.38. The number of amides is 1. The van der Waals surface area contributed by atoms with Gasteiger partial charge in [0.2, 0.25) is 5.91 Å². The van der Waals surface area contributed by atoms with Crippen molar-refractivity contribution in [3.05, 3.63) is 0 Å². The Morgan fingerprint density at radius 1 is 0.775 bits per heavy atom. The number of rotatable bonds is 29. The van der Waals surface area contributed by atoms with Crippen molar-refractivity contribution in [3.63, 3.8) is 0 Å². The zero-order valence-corrected chi connectivity index (χ0v) is 27.7. The summed E-state index contributed by atoms with van der Waals surface area (Å²) in [6, 6.07) is -0.788. The molecule has 0 saturated heterocycles. The van der Waals surface area contributed by atoms with Crippen LogP contribution in [0.5, 0.6) is 0 Å². The van der Waals surface area contributed by atoms with Gasteiger partial charge in [0.25, 0.3) is 7.82 Å². The third-order valence-corrected chi connectivity index (χ3v) is 8.28. The SMILES string of the molecule is CCCCCCCCCCCCCCCCCCCC(O)C(COP(=O)([O-])OCC[N+](C)(C)C)NC(=O)CCC. The molecule has 0 radical (unpaired) electrons. The normalized spacial score (nSPS) is 15.1. The van der Waals surface area contributed by atoms with Crippen molar-refractivity contribution in [1.82, 2.24) is 5.32 Å². The van der Waals surface area contributed by atoms with Gasteiger partial charge >= 0.3 is 0 Å². The van der Waals surface area contributed by atoms with E-state index in [0.29, 0.717) is 30.3 Å². The lowest BCUT2D eigenvalue weighted by Gasteiger charge is -2.30. The number of nitrogens with zero attached hydrogens (tertiary/aromatic N) is 1. The molecule has 1 amide bonds. The van der Waals surface area contributed by atoms with Gasteiger partial charge in [-0.1, -0.05) is 123 Å². The number of hydrogen-bond acceptors (Lipinski definition) is 6. The maximum Gasteiger partial charge on any atom is 0.268 e.